The second-order valence-corrected chi connectivity index (χ2v) is 5.95. The SMILES string of the molecule is C=C(Sc1cc(Cl)c(Cl)cc1Cl)c1ccccc1. The average molecular weight is 316 g/mol. The van der Waals surface area contributed by atoms with Gasteiger partial charge < -0.3 is 0 Å². The normalized spacial score (nSPS) is 10.4. The lowest BCUT2D eigenvalue weighted by molar-refractivity contribution is 1.47. The van der Waals surface area contributed by atoms with Crippen LogP contribution in [-0.4, -0.2) is 0 Å². The molecule has 2 aromatic rings. The minimum absolute atomic E-state index is 0.455. The Morgan fingerprint density at radius 3 is 2.17 bits per heavy atom. The Balaban J connectivity index is 2.25. The fourth-order valence-electron chi connectivity index (χ4n) is 1.40. The third-order valence-electron chi connectivity index (χ3n) is 2.30. The maximum absolute atomic E-state index is 6.13. The molecular weight excluding hydrogens is 307 g/mol. The molecule has 0 nitrogen and oxygen atoms in total. The second kappa shape index (κ2) is 6.03. The first-order valence-electron chi connectivity index (χ1n) is 5.14. The summed E-state index contributed by atoms with van der Waals surface area (Å²) in [6.07, 6.45) is 0. The van der Waals surface area contributed by atoms with E-state index in [2.05, 4.69) is 6.58 Å². The van der Waals surface area contributed by atoms with Gasteiger partial charge in [-0.15, -0.1) is 0 Å². The van der Waals surface area contributed by atoms with E-state index >= 15 is 0 Å². The van der Waals surface area contributed by atoms with Crippen molar-refractivity contribution in [2.75, 3.05) is 0 Å². The molecule has 0 radical (unpaired) electrons. The quantitative estimate of drug-likeness (QED) is 0.466. The fraction of sp³-hybridized carbons (Fsp3) is 0. The van der Waals surface area contributed by atoms with Gasteiger partial charge in [-0.3, -0.25) is 0 Å². The van der Waals surface area contributed by atoms with Gasteiger partial charge in [-0.1, -0.05) is 83.5 Å². The van der Waals surface area contributed by atoms with Gasteiger partial charge in [-0.05, 0) is 17.7 Å². The van der Waals surface area contributed by atoms with Crippen molar-refractivity contribution >= 4 is 51.5 Å². The molecule has 0 unspecified atom stereocenters. The molecule has 0 heterocycles. The number of rotatable bonds is 3. The van der Waals surface area contributed by atoms with E-state index < -0.39 is 0 Å². The number of benzene rings is 2. The summed E-state index contributed by atoms with van der Waals surface area (Å²) in [6, 6.07) is 13.3. The summed E-state index contributed by atoms with van der Waals surface area (Å²) < 4.78 is 0. The summed E-state index contributed by atoms with van der Waals surface area (Å²) >= 11 is 19.5. The van der Waals surface area contributed by atoms with Gasteiger partial charge in [0.25, 0.3) is 0 Å². The maximum Gasteiger partial charge on any atom is 0.0607 e. The largest absolute Gasteiger partial charge is 0.0885 e. The van der Waals surface area contributed by atoms with Crippen LogP contribution in [0.4, 0.5) is 0 Å². The predicted molar refractivity (Wildman–Crippen MR) is 82.8 cm³/mol. The first-order chi connectivity index (χ1) is 8.58. The van der Waals surface area contributed by atoms with E-state index in [4.69, 9.17) is 34.8 Å². The molecule has 4 heteroatoms. The molecule has 0 aliphatic carbocycles. The number of hydrogen-bond donors (Lipinski definition) is 0. The van der Waals surface area contributed by atoms with Gasteiger partial charge in [0.05, 0.1) is 15.1 Å². The highest BCUT2D eigenvalue weighted by Crippen LogP contribution is 2.40. The van der Waals surface area contributed by atoms with Crippen molar-refractivity contribution in [1.29, 1.82) is 0 Å². The van der Waals surface area contributed by atoms with Crippen LogP contribution in [0.25, 0.3) is 4.91 Å². The summed E-state index contributed by atoms with van der Waals surface area (Å²) in [7, 11) is 0. The van der Waals surface area contributed by atoms with Gasteiger partial charge >= 0.3 is 0 Å². The lowest BCUT2D eigenvalue weighted by Gasteiger charge is -2.08. The van der Waals surface area contributed by atoms with Crippen LogP contribution in [-0.2, 0) is 0 Å². The molecule has 0 N–H and O–H groups in total. The monoisotopic (exact) mass is 314 g/mol. The van der Waals surface area contributed by atoms with Crippen LogP contribution >= 0.6 is 46.6 Å². The van der Waals surface area contributed by atoms with E-state index in [1.165, 1.54) is 11.8 Å². The van der Waals surface area contributed by atoms with Crippen LogP contribution in [0.2, 0.25) is 15.1 Å². The highest BCUT2D eigenvalue weighted by Gasteiger charge is 2.09. The van der Waals surface area contributed by atoms with Gasteiger partial charge in [-0.25, -0.2) is 0 Å². The van der Waals surface area contributed by atoms with Crippen LogP contribution in [0, 0.1) is 0 Å². The molecule has 0 saturated heterocycles. The lowest BCUT2D eigenvalue weighted by Crippen LogP contribution is -1.80. The zero-order valence-corrected chi connectivity index (χ0v) is 12.4. The summed E-state index contributed by atoms with van der Waals surface area (Å²) in [6.45, 7) is 4.04. The van der Waals surface area contributed by atoms with E-state index in [1.807, 2.05) is 30.3 Å². The first kappa shape index (κ1) is 13.8. The molecule has 0 atom stereocenters. The molecule has 2 rings (SSSR count). The van der Waals surface area contributed by atoms with Crippen LogP contribution in [0.3, 0.4) is 0 Å². The van der Waals surface area contributed by atoms with E-state index in [-0.39, 0.29) is 0 Å². The zero-order valence-electron chi connectivity index (χ0n) is 9.29. The van der Waals surface area contributed by atoms with Crippen LogP contribution in [0.1, 0.15) is 5.56 Å². The highest BCUT2D eigenvalue weighted by molar-refractivity contribution is 8.08. The van der Waals surface area contributed by atoms with Gasteiger partial charge in [0.2, 0.25) is 0 Å². The maximum atomic E-state index is 6.13. The van der Waals surface area contributed by atoms with Gasteiger partial charge in [0.15, 0.2) is 0 Å². The Hall–Kier alpha value is -0.600. The third kappa shape index (κ3) is 3.24. The molecule has 0 bridgehead atoms. The lowest BCUT2D eigenvalue weighted by atomic mass is 10.2. The fourth-order valence-corrected chi connectivity index (χ4v) is 2.98. The van der Waals surface area contributed by atoms with E-state index in [1.54, 1.807) is 12.1 Å². The van der Waals surface area contributed by atoms with Crippen LogP contribution in [0.15, 0.2) is 53.9 Å². The summed E-state index contributed by atoms with van der Waals surface area (Å²) in [5.74, 6) is 0. The van der Waals surface area contributed by atoms with Gasteiger partial charge in [0.1, 0.15) is 0 Å². The minimum Gasteiger partial charge on any atom is -0.0885 e. The Morgan fingerprint density at radius 1 is 0.889 bits per heavy atom. The summed E-state index contributed by atoms with van der Waals surface area (Å²) in [5.41, 5.74) is 1.06. The molecule has 0 saturated carbocycles. The number of hydrogen-bond acceptors (Lipinski definition) is 1. The molecule has 18 heavy (non-hydrogen) atoms. The standard InChI is InChI=1S/C14H9Cl3S/c1-9(10-5-3-2-4-6-10)18-14-8-12(16)11(15)7-13(14)17/h2-8H,1H2. The number of thioether (sulfide) groups is 1. The van der Waals surface area contributed by atoms with Crippen molar-refractivity contribution in [3.8, 4) is 0 Å². The van der Waals surface area contributed by atoms with Crippen molar-refractivity contribution in [3.63, 3.8) is 0 Å². The molecule has 0 aromatic heterocycles. The van der Waals surface area contributed by atoms with Crippen LogP contribution in [0.5, 0.6) is 0 Å². The van der Waals surface area contributed by atoms with Crippen molar-refractivity contribution < 1.29 is 0 Å². The number of halogens is 3. The summed E-state index contributed by atoms with van der Waals surface area (Å²) in [5, 5.41) is 1.52. The molecule has 0 aliphatic rings. The van der Waals surface area contributed by atoms with Crippen molar-refractivity contribution in [3.05, 3.63) is 69.7 Å². The first-order valence-corrected chi connectivity index (χ1v) is 7.09. The Kier molecular flexibility index (Phi) is 4.63. The van der Waals surface area contributed by atoms with Crippen molar-refractivity contribution in [1.82, 2.24) is 0 Å². The Labute approximate surface area is 126 Å². The van der Waals surface area contributed by atoms with E-state index in [9.17, 15) is 0 Å². The van der Waals surface area contributed by atoms with Gasteiger partial charge in [0, 0.05) is 9.80 Å². The molecule has 92 valence electrons. The molecule has 2 aromatic carbocycles. The molecule has 0 fully saturated rings. The third-order valence-corrected chi connectivity index (χ3v) is 4.49. The van der Waals surface area contributed by atoms with Gasteiger partial charge in [-0.2, -0.15) is 0 Å². The van der Waals surface area contributed by atoms with Crippen molar-refractivity contribution in [2.45, 2.75) is 4.90 Å². The Bertz CT molecular complexity index is 579. The second-order valence-electron chi connectivity index (χ2n) is 3.59. The van der Waals surface area contributed by atoms with Crippen molar-refractivity contribution in [2.24, 2.45) is 0 Å². The molecule has 0 aliphatic heterocycles. The van der Waals surface area contributed by atoms with E-state index in [0.29, 0.717) is 15.1 Å². The average Bonchev–Trinajstić information content (AvgIpc) is 2.37. The molecule has 0 spiro atoms. The predicted octanol–water partition coefficient (Wildman–Crippen LogP) is 6.41. The van der Waals surface area contributed by atoms with Crippen LogP contribution < -0.4 is 0 Å². The smallest absolute Gasteiger partial charge is 0.0607 e. The molecular formula is C14H9Cl3S. The Morgan fingerprint density at radius 2 is 1.50 bits per heavy atom. The highest BCUT2D eigenvalue weighted by atomic mass is 35.5. The topological polar surface area (TPSA) is 0 Å². The minimum atomic E-state index is 0.455. The van der Waals surface area contributed by atoms with E-state index in [0.717, 1.165) is 15.4 Å². The molecule has 0 amide bonds. The zero-order chi connectivity index (χ0) is 13.1. The summed E-state index contributed by atoms with van der Waals surface area (Å²) in [4.78, 5) is 1.76.